The molecule has 2 aromatic rings. The van der Waals surface area contributed by atoms with Gasteiger partial charge in [0, 0.05) is 24.3 Å². The molecule has 1 aliphatic heterocycles. The third-order valence-corrected chi connectivity index (χ3v) is 3.84. The van der Waals surface area contributed by atoms with Crippen molar-refractivity contribution >= 4 is 11.6 Å². The van der Waals surface area contributed by atoms with Gasteiger partial charge >= 0.3 is 0 Å². The zero-order chi connectivity index (χ0) is 16.9. The lowest BCUT2D eigenvalue weighted by molar-refractivity contribution is 0.0843. The average molecular weight is 330 g/mol. The second kappa shape index (κ2) is 7.31. The summed E-state index contributed by atoms with van der Waals surface area (Å²) < 4.78 is 18.1. The summed E-state index contributed by atoms with van der Waals surface area (Å²) in [6.07, 6.45) is 0.114. The van der Waals surface area contributed by atoms with E-state index >= 15 is 0 Å². The van der Waals surface area contributed by atoms with E-state index in [-0.39, 0.29) is 24.9 Å². The Balaban J connectivity index is 1.46. The number of aliphatic hydroxyl groups excluding tert-OH is 1. The Kier molecular flexibility index (Phi) is 4.96. The van der Waals surface area contributed by atoms with E-state index in [0.29, 0.717) is 11.3 Å². The second-order valence-corrected chi connectivity index (χ2v) is 5.68. The van der Waals surface area contributed by atoms with Gasteiger partial charge in [-0.1, -0.05) is 6.07 Å². The van der Waals surface area contributed by atoms with E-state index in [9.17, 15) is 14.3 Å². The number of halogens is 1. The summed E-state index contributed by atoms with van der Waals surface area (Å²) in [5.41, 5.74) is 2.75. The zero-order valence-electron chi connectivity index (χ0n) is 13.1. The van der Waals surface area contributed by atoms with Gasteiger partial charge in [0.05, 0.1) is 0 Å². The zero-order valence-corrected chi connectivity index (χ0v) is 13.1. The predicted octanol–water partition coefficient (Wildman–Crippen LogP) is 1.96. The SMILES string of the molecule is O=C(NCC(O)COc1ccc(F)cc1)c1ccc2c(c1)NCC2. The van der Waals surface area contributed by atoms with Crippen LogP contribution in [-0.2, 0) is 6.42 Å². The first kappa shape index (κ1) is 16.3. The lowest BCUT2D eigenvalue weighted by atomic mass is 10.1. The molecular formula is C18H19FN2O3. The Morgan fingerprint density at radius 3 is 2.88 bits per heavy atom. The van der Waals surface area contributed by atoms with Crippen molar-refractivity contribution in [3.63, 3.8) is 0 Å². The molecule has 0 spiro atoms. The van der Waals surface area contributed by atoms with E-state index in [1.165, 1.54) is 29.8 Å². The van der Waals surface area contributed by atoms with Crippen molar-refractivity contribution in [1.82, 2.24) is 5.32 Å². The molecular weight excluding hydrogens is 311 g/mol. The van der Waals surface area contributed by atoms with E-state index < -0.39 is 6.10 Å². The minimum absolute atomic E-state index is 0.0116. The number of fused-ring (bicyclic) bond motifs is 1. The van der Waals surface area contributed by atoms with Gasteiger partial charge in [-0.15, -0.1) is 0 Å². The van der Waals surface area contributed by atoms with E-state index in [1.54, 1.807) is 6.07 Å². The van der Waals surface area contributed by atoms with Gasteiger partial charge in [0.2, 0.25) is 0 Å². The molecule has 3 rings (SSSR count). The summed E-state index contributed by atoms with van der Waals surface area (Å²) in [5.74, 6) is -0.127. The summed E-state index contributed by atoms with van der Waals surface area (Å²) in [5, 5.41) is 15.8. The van der Waals surface area contributed by atoms with Gasteiger partial charge in [-0.3, -0.25) is 4.79 Å². The first-order chi connectivity index (χ1) is 11.6. The van der Waals surface area contributed by atoms with Crippen molar-refractivity contribution in [1.29, 1.82) is 0 Å². The lowest BCUT2D eigenvalue weighted by Gasteiger charge is -2.13. The molecule has 0 saturated carbocycles. The number of rotatable bonds is 6. The van der Waals surface area contributed by atoms with Crippen molar-refractivity contribution in [2.24, 2.45) is 0 Å². The molecule has 24 heavy (non-hydrogen) atoms. The van der Waals surface area contributed by atoms with Crippen LogP contribution in [0, 0.1) is 5.82 Å². The number of benzene rings is 2. The number of carbonyl (C=O) groups excluding carboxylic acids is 1. The number of amides is 1. The predicted molar refractivity (Wildman–Crippen MR) is 88.9 cm³/mol. The normalized spacial score (nSPS) is 13.8. The summed E-state index contributed by atoms with van der Waals surface area (Å²) in [7, 11) is 0. The number of ether oxygens (including phenoxy) is 1. The molecule has 1 aliphatic rings. The fourth-order valence-electron chi connectivity index (χ4n) is 2.53. The molecule has 126 valence electrons. The Morgan fingerprint density at radius 2 is 2.08 bits per heavy atom. The maximum absolute atomic E-state index is 12.8. The van der Waals surface area contributed by atoms with Crippen LogP contribution in [0.1, 0.15) is 15.9 Å². The van der Waals surface area contributed by atoms with Crippen LogP contribution < -0.4 is 15.4 Å². The molecule has 0 radical (unpaired) electrons. The molecule has 0 saturated heterocycles. The maximum atomic E-state index is 12.8. The van der Waals surface area contributed by atoms with Crippen LogP contribution in [0.25, 0.3) is 0 Å². The van der Waals surface area contributed by atoms with Crippen molar-refractivity contribution in [3.8, 4) is 5.75 Å². The van der Waals surface area contributed by atoms with E-state index in [0.717, 1.165) is 18.7 Å². The lowest BCUT2D eigenvalue weighted by Crippen LogP contribution is -2.35. The average Bonchev–Trinajstić information content (AvgIpc) is 3.06. The van der Waals surface area contributed by atoms with Crippen LogP contribution in [0.15, 0.2) is 42.5 Å². The van der Waals surface area contributed by atoms with Crippen molar-refractivity contribution in [3.05, 3.63) is 59.4 Å². The Hall–Kier alpha value is -2.60. The Labute approximate surface area is 139 Å². The molecule has 5 nitrogen and oxygen atoms in total. The highest BCUT2D eigenvalue weighted by Gasteiger charge is 2.14. The molecule has 6 heteroatoms. The van der Waals surface area contributed by atoms with Crippen molar-refractivity contribution in [2.45, 2.75) is 12.5 Å². The highest BCUT2D eigenvalue weighted by molar-refractivity contribution is 5.95. The topological polar surface area (TPSA) is 70.6 Å². The molecule has 2 aromatic carbocycles. The van der Waals surface area contributed by atoms with E-state index in [4.69, 9.17) is 4.74 Å². The number of hydrogen-bond donors (Lipinski definition) is 3. The fraction of sp³-hybridized carbons (Fsp3) is 0.278. The van der Waals surface area contributed by atoms with Crippen molar-refractivity contribution < 1.29 is 19.0 Å². The molecule has 1 amide bonds. The van der Waals surface area contributed by atoms with Crippen LogP contribution >= 0.6 is 0 Å². The van der Waals surface area contributed by atoms with Crippen LogP contribution in [0.5, 0.6) is 5.75 Å². The fourth-order valence-corrected chi connectivity index (χ4v) is 2.53. The van der Waals surface area contributed by atoms with Gasteiger partial charge in [-0.2, -0.15) is 0 Å². The molecule has 0 aliphatic carbocycles. The van der Waals surface area contributed by atoms with Crippen molar-refractivity contribution in [2.75, 3.05) is 25.0 Å². The summed E-state index contributed by atoms with van der Waals surface area (Å²) >= 11 is 0. The summed E-state index contributed by atoms with van der Waals surface area (Å²) in [6, 6.07) is 11.1. The van der Waals surface area contributed by atoms with E-state index in [2.05, 4.69) is 10.6 Å². The molecule has 0 bridgehead atoms. The van der Waals surface area contributed by atoms with Crippen LogP contribution in [0.2, 0.25) is 0 Å². The number of anilines is 1. The van der Waals surface area contributed by atoms with Crippen LogP contribution in [0.3, 0.4) is 0 Å². The molecule has 0 fully saturated rings. The number of nitrogens with one attached hydrogen (secondary N) is 2. The van der Waals surface area contributed by atoms with Gasteiger partial charge in [0.1, 0.15) is 24.3 Å². The standard InChI is InChI=1S/C18H19FN2O3/c19-14-3-5-16(6-4-14)24-11-15(22)10-21-18(23)13-2-1-12-7-8-20-17(12)9-13/h1-6,9,15,20,22H,7-8,10-11H2,(H,21,23). The molecule has 1 unspecified atom stereocenters. The molecule has 1 atom stereocenters. The highest BCUT2D eigenvalue weighted by Crippen LogP contribution is 2.23. The number of aliphatic hydroxyl groups is 1. The maximum Gasteiger partial charge on any atom is 0.251 e. The summed E-state index contributed by atoms with van der Waals surface area (Å²) in [4.78, 5) is 12.1. The largest absolute Gasteiger partial charge is 0.491 e. The quantitative estimate of drug-likeness (QED) is 0.757. The van der Waals surface area contributed by atoms with E-state index in [1.807, 2.05) is 12.1 Å². The number of hydrogen-bond acceptors (Lipinski definition) is 4. The monoisotopic (exact) mass is 330 g/mol. The van der Waals surface area contributed by atoms with Gasteiger partial charge in [0.25, 0.3) is 5.91 Å². The molecule has 1 heterocycles. The Bertz CT molecular complexity index is 719. The highest BCUT2D eigenvalue weighted by atomic mass is 19.1. The first-order valence-electron chi connectivity index (χ1n) is 7.83. The second-order valence-electron chi connectivity index (χ2n) is 5.68. The van der Waals surface area contributed by atoms with Crippen LogP contribution in [-0.4, -0.2) is 36.8 Å². The molecule has 3 N–H and O–H groups in total. The molecule has 0 aromatic heterocycles. The van der Waals surface area contributed by atoms with Gasteiger partial charge in [-0.05, 0) is 48.4 Å². The van der Waals surface area contributed by atoms with Gasteiger partial charge in [-0.25, -0.2) is 4.39 Å². The van der Waals surface area contributed by atoms with Gasteiger partial charge in [0.15, 0.2) is 0 Å². The Morgan fingerprint density at radius 1 is 1.29 bits per heavy atom. The summed E-state index contributed by atoms with van der Waals surface area (Å²) in [6.45, 7) is 0.974. The number of carbonyl (C=O) groups is 1. The first-order valence-corrected chi connectivity index (χ1v) is 7.83. The van der Waals surface area contributed by atoms with Gasteiger partial charge < -0.3 is 20.5 Å². The minimum Gasteiger partial charge on any atom is -0.491 e. The van der Waals surface area contributed by atoms with Crippen LogP contribution in [0.4, 0.5) is 10.1 Å². The smallest absolute Gasteiger partial charge is 0.251 e. The third kappa shape index (κ3) is 4.02. The third-order valence-electron chi connectivity index (χ3n) is 3.84. The minimum atomic E-state index is -0.855.